The number of hydrogen-bond donors (Lipinski definition) is 1. The largest absolute Gasteiger partial charge is 0.447 e. The van der Waals surface area contributed by atoms with Crippen molar-refractivity contribution in [3.63, 3.8) is 0 Å². The molecule has 0 aromatic carbocycles. The van der Waals surface area contributed by atoms with E-state index in [1.165, 1.54) is 0 Å². The summed E-state index contributed by atoms with van der Waals surface area (Å²) in [6.07, 6.45) is 0.610. The number of thioether (sulfide) groups is 1. The number of fused-ring (bicyclic) bond motifs is 1. The normalized spacial score (nSPS) is 20.4. The van der Waals surface area contributed by atoms with E-state index in [2.05, 4.69) is 15.5 Å². The van der Waals surface area contributed by atoms with Gasteiger partial charge in [0.25, 0.3) is 0 Å². The first-order valence-corrected chi connectivity index (χ1v) is 9.33. The molecule has 1 aromatic rings. The first kappa shape index (κ1) is 16.3. The lowest BCUT2D eigenvalue weighted by molar-refractivity contribution is 0.127. The van der Waals surface area contributed by atoms with E-state index in [0.717, 1.165) is 21.5 Å². The number of hydrogen-bond acceptors (Lipinski definition) is 7. The summed E-state index contributed by atoms with van der Waals surface area (Å²) in [6.45, 7) is 4.57. The van der Waals surface area contributed by atoms with Gasteiger partial charge in [0, 0.05) is 31.9 Å². The van der Waals surface area contributed by atoms with Crippen LogP contribution in [0.5, 0.6) is 0 Å². The monoisotopic (exact) mass is 357 g/mol. The summed E-state index contributed by atoms with van der Waals surface area (Å²) in [5.74, 6) is 0.896. The summed E-state index contributed by atoms with van der Waals surface area (Å²) in [6, 6.07) is -0.0704. The molecule has 8 nitrogen and oxygen atoms in total. The van der Waals surface area contributed by atoms with Crippen LogP contribution in [0.15, 0.2) is 4.34 Å². The van der Waals surface area contributed by atoms with E-state index in [1.807, 2.05) is 6.92 Å². The van der Waals surface area contributed by atoms with Gasteiger partial charge < -0.3 is 15.0 Å². The van der Waals surface area contributed by atoms with Crippen molar-refractivity contribution in [1.82, 2.24) is 25.3 Å². The highest BCUT2D eigenvalue weighted by molar-refractivity contribution is 8.01. The van der Waals surface area contributed by atoms with Gasteiger partial charge in [0.15, 0.2) is 4.34 Å². The average Bonchev–Trinajstić information content (AvgIpc) is 3.13. The molecule has 2 fully saturated rings. The summed E-state index contributed by atoms with van der Waals surface area (Å²) in [5.41, 5.74) is 0. The lowest BCUT2D eigenvalue weighted by Crippen LogP contribution is -2.56. The topological polar surface area (TPSA) is 87.7 Å². The molecule has 1 N–H and O–H groups in total. The molecular formula is C13H19N5O3S2. The number of aromatic nitrogens is 2. The number of carbonyl (C=O) groups excluding carboxylic acids is 2. The molecule has 2 aliphatic heterocycles. The van der Waals surface area contributed by atoms with E-state index < -0.39 is 0 Å². The van der Waals surface area contributed by atoms with Crippen LogP contribution in [0.3, 0.4) is 0 Å². The van der Waals surface area contributed by atoms with Crippen LogP contribution in [0, 0.1) is 6.92 Å². The molecule has 10 heteroatoms. The van der Waals surface area contributed by atoms with Crippen molar-refractivity contribution < 1.29 is 14.3 Å². The minimum atomic E-state index is -0.265. The Balaban J connectivity index is 1.33. The minimum absolute atomic E-state index is 0.00167. The number of nitrogens with one attached hydrogen (secondary N) is 1. The van der Waals surface area contributed by atoms with Gasteiger partial charge in [-0.15, -0.1) is 10.2 Å². The van der Waals surface area contributed by atoms with Crippen molar-refractivity contribution in [2.45, 2.75) is 23.7 Å². The van der Waals surface area contributed by atoms with Crippen molar-refractivity contribution in [1.29, 1.82) is 0 Å². The molecule has 0 bridgehead atoms. The summed E-state index contributed by atoms with van der Waals surface area (Å²) in [7, 11) is 0. The standard InChI is InChI=1S/C13H19N5O3S2/c1-9-15-16-12(23-9)22-6-2-3-14-11(19)17-4-5-18-10(7-17)8-21-13(18)20/h10H,2-8H2,1H3,(H,14,19)/t10-/m0/s1. The number of carbonyl (C=O) groups is 2. The molecule has 0 radical (unpaired) electrons. The molecule has 1 aromatic heterocycles. The van der Waals surface area contributed by atoms with Gasteiger partial charge in [-0.25, -0.2) is 9.59 Å². The van der Waals surface area contributed by atoms with Crippen LogP contribution in [0.4, 0.5) is 9.59 Å². The van der Waals surface area contributed by atoms with Gasteiger partial charge in [0.1, 0.15) is 11.6 Å². The third-order valence-electron chi connectivity index (χ3n) is 3.73. The lowest BCUT2D eigenvalue weighted by atomic mass is 10.2. The van der Waals surface area contributed by atoms with Gasteiger partial charge >= 0.3 is 12.1 Å². The van der Waals surface area contributed by atoms with E-state index in [4.69, 9.17) is 4.74 Å². The molecule has 0 aliphatic carbocycles. The Morgan fingerprint density at radius 1 is 1.48 bits per heavy atom. The van der Waals surface area contributed by atoms with Crippen molar-refractivity contribution in [3.8, 4) is 0 Å². The predicted molar refractivity (Wildman–Crippen MR) is 86.8 cm³/mol. The fourth-order valence-electron chi connectivity index (χ4n) is 2.55. The number of ether oxygens (including phenoxy) is 1. The van der Waals surface area contributed by atoms with Gasteiger partial charge in [-0.3, -0.25) is 4.90 Å². The number of piperazine rings is 1. The van der Waals surface area contributed by atoms with Crippen LogP contribution in [0.2, 0.25) is 0 Å². The maximum atomic E-state index is 12.1. The molecule has 3 rings (SSSR count). The van der Waals surface area contributed by atoms with Gasteiger partial charge in [-0.05, 0) is 13.3 Å². The van der Waals surface area contributed by atoms with Crippen LogP contribution in [0.25, 0.3) is 0 Å². The molecule has 1 atom stereocenters. The van der Waals surface area contributed by atoms with E-state index in [0.29, 0.717) is 32.8 Å². The van der Waals surface area contributed by atoms with Gasteiger partial charge in [-0.2, -0.15) is 0 Å². The van der Waals surface area contributed by atoms with E-state index in [-0.39, 0.29) is 18.2 Å². The van der Waals surface area contributed by atoms with E-state index >= 15 is 0 Å². The highest BCUT2D eigenvalue weighted by Gasteiger charge is 2.38. The summed E-state index contributed by atoms with van der Waals surface area (Å²) in [4.78, 5) is 27.0. The number of amides is 3. The number of urea groups is 1. The van der Waals surface area contributed by atoms with Crippen LogP contribution in [-0.2, 0) is 4.74 Å². The SMILES string of the molecule is Cc1nnc(SCCCNC(=O)N2CCN3C(=O)OC[C@@H]3C2)s1. The Morgan fingerprint density at radius 3 is 3.13 bits per heavy atom. The zero-order valence-electron chi connectivity index (χ0n) is 12.9. The van der Waals surface area contributed by atoms with Crippen LogP contribution in [0.1, 0.15) is 11.4 Å². The Kier molecular flexibility index (Phi) is 5.21. The third kappa shape index (κ3) is 4.05. The van der Waals surface area contributed by atoms with Gasteiger partial charge in [0.05, 0.1) is 6.04 Å². The highest BCUT2D eigenvalue weighted by atomic mass is 32.2. The quantitative estimate of drug-likeness (QED) is 0.629. The second kappa shape index (κ2) is 7.35. The minimum Gasteiger partial charge on any atom is -0.447 e. The molecule has 0 saturated carbocycles. The molecule has 126 valence electrons. The number of nitrogens with zero attached hydrogens (tertiary/aromatic N) is 4. The lowest BCUT2D eigenvalue weighted by Gasteiger charge is -2.35. The Hall–Kier alpha value is -1.55. The summed E-state index contributed by atoms with van der Waals surface area (Å²) < 4.78 is 5.97. The average molecular weight is 357 g/mol. The second-order valence-corrected chi connectivity index (χ2v) is 7.91. The Morgan fingerprint density at radius 2 is 2.35 bits per heavy atom. The zero-order valence-corrected chi connectivity index (χ0v) is 14.5. The second-order valence-electron chi connectivity index (χ2n) is 5.39. The summed E-state index contributed by atoms with van der Waals surface area (Å²) in [5, 5.41) is 11.9. The van der Waals surface area contributed by atoms with Gasteiger partial charge in [0.2, 0.25) is 0 Å². The summed E-state index contributed by atoms with van der Waals surface area (Å²) >= 11 is 3.25. The van der Waals surface area contributed by atoms with Crippen molar-refractivity contribution >= 4 is 35.2 Å². The number of rotatable bonds is 5. The maximum absolute atomic E-state index is 12.1. The van der Waals surface area contributed by atoms with Crippen LogP contribution >= 0.6 is 23.1 Å². The highest BCUT2D eigenvalue weighted by Crippen LogP contribution is 2.22. The fraction of sp³-hybridized carbons (Fsp3) is 0.692. The molecule has 0 spiro atoms. The van der Waals surface area contributed by atoms with E-state index in [1.54, 1.807) is 32.9 Å². The molecule has 3 heterocycles. The van der Waals surface area contributed by atoms with Crippen molar-refractivity contribution in [2.24, 2.45) is 0 Å². The van der Waals surface area contributed by atoms with Crippen molar-refractivity contribution in [3.05, 3.63) is 5.01 Å². The molecular weight excluding hydrogens is 338 g/mol. The third-order valence-corrected chi connectivity index (χ3v) is 5.79. The number of cyclic esters (lactones) is 1. The molecule has 23 heavy (non-hydrogen) atoms. The first-order chi connectivity index (χ1) is 11.1. The van der Waals surface area contributed by atoms with Crippen LogP contribution in [-0.4, -0.2) is 76.7 Å². The Bertz CT molecular complexity index is 582. The smallest absolute Gasteiger partial charge is 0.410 e. The van der Waals surface area contributed by atoms with Crippen molar-refractivity contribution in [2.75, 3.05) is 38.5 Å². The molecule has 2 saturated heterocycles. The van der Waals surface area contributed by atoms with Crippen LogP contribution < -0.4 is 5.32 Å². The fourth-order valence-corrected chi connectivity index (χ4v) is 4.37. The van der Waals surface area contributed by atoms with E-state index in [9.17, 15) is 9.59 Å². The maximum Gasteiger partial charge on any atom is 0.410 e. The zero-order chi connectivity index (χ0) is 16.2. The first-order valence-electron chi connectivity index (χ1n) is 7.52. The predicted octanol–water partition coefficient (Wildman–Crippen LogP) is 1.17. The number of aryl methyl sites for hydroxylation is 1. The van der Waals surface area contributed by atoms with Gasteiger partial charge in [-0.1, -0.05) is 23.1 Å². The molecule has 2 aliphatic rings. The molecule has 0 unspecified atom stereocenters. The Labute approximate surface area is 142 Å². The molecule has 3 amide bonds.